The van der Waals surface area contributed by atoms with Gasteiger partial charge in [0.05, 0.1) is 4.34 Å². The first-order chi connectivity index (χ1) is 9.66. The summed E-state index contributed by atoms with van der Waals surface area (Å²) in [7, 11) is 0. The standard InChI is InChI=1S/C16H20ClNOS/c1-12(18)16(14-9-10-15(17)20-14)19-11-5-8-13-6-3-2-4-7-13/h2-4,6-7,9-10,12,16H,5,8,11,18H2,1H3. The lowest BCUT2D eigenvalue weighted by Crippen LogP contribution is -2.26. The molecule has 4 heteroatoms. The number of halogens is 1. The predicted molar refractivity (Wildman–Crippen MR) is 86.4 cm³/mol. The maximum Gasteiger partial charge on any atom is 0.106 e. The molecule has 2 atom stereocenters. The molecule has 20 heavy (non-hydrogen) atoms. The lowest BCUT2D eigenvalue weighted by Gasteiger charge is -2.20. The van der Waals surface area contributed by atoms with E-state index in [2.05, 4.69) is 24.3 Å². The molecule has 2 unspecified atom stereocenters. The minimum Gasteiger partial charge on any atom is -0.371 e. The van der Waals surface area contributed by atoms with E-state index >= 15 is 0 Å². The molecule has 0 aliphatic heterocycles. The SMILES string of the molecule is CC(N)C(OCCCc1ccccc1)c1ccc(Cl)s1. The van der Waals surface area contributed by atoms with Crippen LogP contribution in [0.1, 0.15) is 29.9 Å². The Balaban J connectivity index is 1.81. The van der Waals surface area contributed by atoms with Crippen molar-refractivity contribution in [3.63, 3.8) is 0 Å². The van der Waals surface area contributed by atoms with E-state index in [9.17, 15) is 0 Å². The summed E-state index contributed by atoms with van der Waals surface area (Å²) in [4.78, 5) is 1.10. The smallest absolute Gasteiger partial charge is 0.106 e. The minimum atomic E-state index is -0.0664. The molecule has 2 N–H and O–H groups in total. The Hall–Kier alpha value is -0.870. The van der Waals surface area contributed by atoms with Gasteiger partial charge in [0.2, 0.25) is 0 Å². The lowest BCUT2D eigenvalue weighted by atomic mass is 10.1. The van der Waals surface area contributed by atoms with Crippen LogP contribution in [0, 0.1) is 0 Å². The quantitative estimate of drug-likeness (QED) is 0.767. The molecular formula is C16H20ClNOS. The first-order valence-corrected chi connectivity index (χ1v) is 8.02. The van der Waals surface area contributed by atoms with E-state index in [-0.39, 0.29) is 12.1 Å². The van der Waals surface area contributed by atoms with Crippen LogP contribution < -0.4 is 5.73 Å². The number of ether oxygens (including phenoxy) is 1. The Labute approximate surface area is 129 Å². The molecule has 0 radical (unpaired) electrons. The summed E-state index contributed by atoms with van der Waals surface area (Å²) in [5, 5.41) is 0. The molecule has 2 aromatic rings. The number of hydrogen-bond donors (Lipinski definition) is 1. The summed E-state index contributed by atoms with van der Waals surface area (Å²) in [6, 6.07) is 14.3. The molecule has 0 bridgehead atoms. The molecule has 2 rings (SSSR count). The van der Waals surface area contributed by atoms with Gasteiger partial charge in [-0.05, 0) is 37.5 Å². The van der Waals surface area contributed by atoms with E-state index in [1.54, 1.807) is 0 Å². The topological polar surface area (TPSA) is 35.2 Å². The molecule has 1 aromatic carbocycles. The van der Waals surface area contributed by atoms with Crippen molar-refractivity contribution in [2.24, 2.45) is 5.73 Å². The number of nitrogens with two attached hydrogens (primary N) is 1. The summed E-state index contributed by atoms with van der Waals surface area (Å²) in [6.07, 6.45) is 1.95. The molecule has 0 aliphatic rings. The van der Waals surface area contributed by atoms with Gasteiger partial charge in [-0.15, -0.1) is 11.3 Å². The summed E-state index contributed by atoms with van der Waals surface area (Å²) in [5.74, 6) is 0. The summed E-state index contributed by atoms with van der Waals surface area (Å²) < 4.78 is 6.73. The summed E-state index contributed by atoms with van der Waals surface area (Å²) in [6.45, 7) is 2.67. The van der Waals surface area contributed by atoms with E-state index in [0.717, 1.165) is 22.1 Å². The molecule has 1 aromatic heterocycles. The van der Waals surface area contributed by atoms with Gasteiger partial charge in [-0.1, -0.05) is 41.9 Å². The minimum absolute atomic E-state index is 0.0403. The Morgan fingerprint density at radius 1 is 1.20 bits per heavy atom. The normalized spacial score (nSPS) is 14.2. The van der Waals surface area contributed by atoms with Gasteiger partial charge >= 0.3 is 0 Å². The predicted octanol–water partition coefficient (Wildman–Crippen LogP) is 4.44. The van der Waals surface area contributed by atoms with Crippen molar-refractivity contribution in [2.45, 2.75) is 31.9 Å². The van der Waals surface area contributed by atoms with Gasteiger partial charge in [0.15, 0.2) is 0 Å². The molecule has 0 saturated carbocycles. The summed E-state index contributed by atoms with van der Waals surface area (Å²) >= 11 is 7.51. The zero-order valence-corrected chi connectivity index (χ0v) is 13.2. The van der Waals surface area contributed by atoms with Gasteiger partial charge in [0.25, 0.3) is 0 Å². The Morgan fingerprint density at radius 2 is 1.95 bits per heavy atom. The highest BCUT2D eigenvalue weighted by Crippen LogP contribution is 2.30. The third-order valence-corrected chi connectivity index (χ3v) is 4.39. The number of hydrogen-bond acceptors (Lipinski definition) is 3. The van der Waals surface area contributed by atoms with E-state index in [0.29, 0.717) is 6.61 Å². The largest absolute Gasteiger partial charge is 0.371 e. The van der Waals surface area contributed by atoms with Crippen molar-refractivity contribution in [1.82, 2.24) is 0 Å². The van der Waals surface area contributed by atoms with Crippen molar-refractivity contribution in [2.75, 3.05) is 6.61 Å². The highest BCUT2D eigenvalue weighted by molar-refractivity contribution is 7.16. The first kappa shape index (κ1) is 15.5. The third-order valence-electron chi connectivity index (χ3n) is 3.10. The lowest BCUT2D eigenvalue weighted by molar-refractivity contribution is 0.0394. The van der Waals surface area contributed by atoms with Crippen molar-refractivity contribution >= 4 is 22.9 Å². The van der Waals surface area contributed by atoms with Crippen LogP contribution in [0.3, 0.4) is 0 Å². The number of benzene rings is 1. The maximum absolute atomic E-state index is 6.01. The van der Waals surface area contributed by atoms with Crippen LogP contribution in [-0.2, 0) is 11.2 Å². The van der Waals surface area contributed by atoms with Crippen molar-refractivity contribution in [3.8, 4) is 0 Å². The van der Waals surface area contributed by atoms with Gasteiger partial charge in [-0.3, -0.25) is 0 Å². The van der Waals surface area contributed by atoms with Crippen LogP contribution in [0.5, 0.6) is 0 Å². The fourth-order valence-corrected chi connectivity index (χ4v) is 3.33. The Bertz CT molecular complexity index is 512. The van der Waals surface area contributed by atoms with E-state index in [4.69, 9.17) is 22.1 Å². The maximum atomic E-state index is 6.01. The first-order valence-electron chi connectivity index (χ1n) is 6.83. The van der Waals surface area contributed by atoms with Crippen molar-refractivity contribution in [1.29, 1.82) is 0 Å². The third kappa shape index (κ3) is 4.60. The zero-order valence-electron chi connectivity index (χ0n) is 11.6. The molecule has 0 amide bonds. The second kappa shape index (κ2) is 7.79. The van der Waals surface area contributed by atoms with E-state index in [1.165, 1.54) is 16.9 Å². The van der Waals surface area contributed by atoms with Gasteiger partial charge < -0.3 is 10.5 Å². The summed E-state index contributed by atoms with van der Waals surface area (Å²) in [5.41, 5.74) is 7.35. The van der Waals surface area contributed by atoms with Gasteiger partial charge in [0.1, 0.15) is 6.10 Å². The molecule has 0 aliphatic carbocycles. The number of rotatable bonds is 7. The highest BCUT2D eigenvalue weighted by Gasteiger charge is 2.18. The van der Waals surface area contributed by atoms with E-state index in [1.807, 2.05) is 25.1 Å². The fraction of sp³-hybridized carbons (Fsp3) is 0.375. The molecule has 108 valence electrons. The average molecular weight is 310 g/mol. The molecule has 2 nitrogen and oxygen atoms in total. The van der Waals surface area contributed by atoms with E-state index < -0.39 is 0 Å². The van der Waals surface area contributed by atoms with Crippen molar-refractivity contribution < 1.29 is 4.74 Å². The van der Waals surface area contributed by atoms with Gasteiger partial charge in [-0.25, -0.2) is 0 Å². The van der Waals surface area contributed by atoms with Crippen LogP contribution >= 0.6 is 22.9 Å². The highest BCUT2D eigenvalue weighted by atomic mass is 35.5. The van der Waals surface area contributed by atoms with Gasteiger partial charge in [0, 0.05) is 17.5 Å². The van der Waals surface area contributed by atoms with Crippen LogP contribution in [-0.4, -0.2) is 12.6 Å². The molecule has 0 spiro atoms. The molecular weight excluding hydrogens is 290 g/mol. The fourth-order valence-electron chi connectivity index (χ4n) is 2.11. The molecule has 1 heterocycles. The molecule has 0 fully saturated rings. The van der Waals surface area contributed by atoms with Crippen LogP contribution in [0.4, 0.5) is 0 Å². The van der Waals surface area contributed by atoms with Crippen LogP contribution in [0.25, 0.3) is 0 Å². The Kier molecular flexibility index (Phi) is 6.05. The second-order valence-electron chi connectivity index (χ2n) is 4.88. The number of thiophene rings is 1. The second-order valence-corrected chi connectivity index (χ2v) is 6.63. The van der Waals surface area contributed by atoms with Crippen LogP contribution in [0.2, 0.25) is 4.34 Å². The number of aryl methyl sites for hydroxylation is 1. The monoisotopic (exact) mass is 309 g/mol. The molecule has 0 saturated heterocycles. The van der Waals surface area contributed by atoms with Crippen molar-refractivity contribution in [3.05, 3.63) is 57.2 Å². The van der Waals surface area contributed by atoms with Crippen LogP contribution in [0.15, 0.2) is 42.5 Å². The van der Waals surface area contributed by atoms with Gasteiger partial charge in [-0.2, -0.15) is 0 Å². The average Bonchev–Trinajstić information content (AvgIpc) is 2.85. The Morgan fingerprint density at radius 3 is 2.55 bits per heavy atom. The zero-order chi connectivity index (χ0) is 14.4.